The largest absolute Gasteiger partial charge is 0.368 e. The maximum absolute atomic E-state index is 12.4. The van der Waals surface area contributed by atoms with Gasteiger partial charge in [0.15, 0.2) is 0 Å². The molecule has 2 amide bonds. The van der Waals surface area contributed by atoms with Crippen LogP contribution in [0.5, 0.6) is 0 Å². The molecule has 28 heavy (non-hydrogen) atoms. The van der Waals surface area contributed by atoms with Crippen LogP contribution in [0.1, 0.15) is 57.4 Å². The van der Waals surface area contributed by atoms with E-state index >= 15 is 0 Å². The van der Waals surface area contributed by atoms with Gasteiger partial charge in [-0.25, -0.2) is 0 Å². The van der Waals surface area contributed by atoms with Crippen LogP contribution in [0.3, 0.4) is 0 Å². The number of nitrogens with two attached hydrogens (primary N) is 1. The van der Waals surface area contributed by atoms with E-state index in [1.165, 1.54) is 12.0 Å². The third kappa shape index (κ3) is 4.73. The summed E-state index contributed by atoms with van der Waals surface area (Å²) in [5, 5.41) is 2.98. The van der Waals surface area contributed by atoms with E-state index in [-0.39, 0.29) is 11.8 Å². The zero-order valence-electron chi connectivity index (χ0n) is 17.2. The Hall–Kier alpha value is -1.92. The van der Waals surface area contributed by atoms with E-state index in [4.69, 9.17) is 5.73 Å². The van der Waals surface area contributed by atoms with E-state index < -0.39 is 5.54 Å². The number of nitrogens with zero attached hydrogens (tertiary/aromatic N) is 2. The second kappa shape index (κ2) is 9.05. The topological polar surface area (TPSA) is 78.7 Å². The van der Waals surface area contributed by atoms with Crippen molar-refractivity contribution < 1.29 is 9.59 Å². The second-order valence-electron chi connectivity index (χ2n) is 8.54. The summed E-state index contributed by atoms with van der Waals surface area (Å²) in [5.41, 5.74) is 7.39. The number of likely N-dealkylation sites (tertiary alicyclic amines) is 2. The Balaban J connectivity index is 1.52. The van der Waals surface area contributed by atoms with Gasteiger partial charge < -0.3 is 11.1 Å². The number of piperidine rings is 2. The Kier molecular flexibility index (Phi) is 6.73. The van der Waals surface area contributed by atoms with Crippen LogP contribution in [-0.4, -0.2) is 59.9 Å². The van der Waals surface area contributed by atoms with Crippen molar-refractivity contribution in [3.63, 3.8) is 0 Å². The summed E-state index contributed by atoms with van der Waals surface area (Å²) in [7, 11) is 0. The third-order valence-corrected chi connectivity index (χ3v) is 6.33. The summed E-state index contributed by atoms with van der Waals surface area (Å²) in [6.45, 7) is 8.00. The average Bonchev–Trinajstić information content (AvgIpc) is 2.69. The molecule has 0 saturated carbocycles. The Morgan fingerprint density at radius 3 is 2.18 bits per heavy atom. The molecule has 1 aromatic carbocycles. The fourth-order valence-electron chi connectivity index (χ4n) is 4.48. The Labute approximate surface area is 168 Å². The van der Waals surface area contributed by atoms with Crippen molar-refractivity contribution in [2.75, 3.05) is 38.0 Å². The lowest BCUT2D eigenvalue weighted by Gasteiger charge is -2.48. The van der Waals surface area contributed by atoms with E-state index in [1.54, 1.807) is 0 Å². The SMILES string of the molecule is CC(C)c1ccc(NC(=O)CN2CCC(C(N)=O)(N3CCCCC3)CC2)cc1. The standard InChI is InChI=1S/C22H34N4O2/c1-17(2)18-6-8-19(9-7-18)24-20(27)16-25-14-10-22(11-15-25,21(23)28)26-12-4-3-5-13-26/h6-9,17H,3-5,10-16H2,1-2H3,(H2,23,28)(H,24,27). The lowest BCUT2D eigenvalue weighted by atomic mass is 9.83. The molecule has 154 valence electrons. The molecule has 0 aliphatic carbocycles. The molecule has 0 radical (unpaired) electrons. The number of hydrogen-bond acceptors (Lipinski definition) is 4. The van der Waals surface area contributed by atoms with Gasteiger partial charge in [-0.3, -0.25) is 19.4 Å². The minimum Gasteiger partial charge on any atom is -0.368 e. The zero-order valence-corrected chi connectivity index (χ0v) is 17.2. The lowest BCUT2D eigenvalue weighted by Crippen LogP contribution is -2.63. The first-order chi connectivity index (χ1) is 13.4. The van der Waals surface area contributed by atoms with E-state index in [9.17, 15) is 9.59 Å². The van der Waals surface area contributed by atoms with E-state index in [0.717, 1.165) is 44.7 Å². The number of benzene rings is 1. The lowest BCUT2D eigenvalue weighted by molar-refractivity contribution is -0.135. The minimum absolute atomic E-state index is 0.0122. The van der Waals surface area contributed by atoms with Crippen LogP contribution in [0.2, 0.25) is 0 Å². The van der Waals surface area contributed by atoms with Gasteiger partial charge in [0.05, 0.1) is 6.54 Å². The molecule has 2 fully saturated rings. The maximum Gasteiger partial charge on any atom is 0.238 e. The molecule has 0 atom stereocenters. The number of rotatable bonds is 6. The fourth-order valence-corrected chi connectivity index (χ4v) is 4.48. The van der Waals surface area contributed by atoms with Crippen molar-refractivity contribution in [2.45, 2.75) is 57.4 Å². The molecule has 1 aromatic rings. The highest BCUT2D eigenvalue weighted by atomic mass is 16.2. The summed E-state index contributed by atoms with van der Waals surface area (Å²) in [5.74, 6) is 0.258. The van der Waals surface area contributed by atoms with Crippen molar-refractivity contribution in [1.29, 1.82) is 0 Å². The molecule has 0 unspecified atom stereocenters. The van der Waals surface area contributed by atoms with E-state index in [0.29, 0.717) is 25.3 Å². The van der Waals surface area contributed by atoms with Crippen molar-refractivity contribution >= 4 is 17.5 Å². The van der Waals surface area contributed by atoms with Gasteiger partial charge in [0.25, 0.3) is 0 Å². The van der Waals surface area contributed by atoms with Crippen LogP contribution in [0.25, 0.3) is 0 Å². The zero-order chi connectivity index (χ0) is 20.1. The van der Waals surface area contributed by atoms with Gasteiger partial charge >= 0.3 is 0 Å². The highest BCUT2D eigenvalue weighted by Gasteiger charge is 2.45. The number of carbonyl (C=O) groups excluding carboxylic acids is 2. The summed E-state index contributed by atoms with van der Waals surface area (Å²) >= 11 is 0. The van der Waals surface area contributed by atoms with Gasteiger partial charge in [-0.1, -0.05) is 32.4 Å². The molecule has 0 spiro atoms. The van der Waals surface area contributed by atoms with Gasteiger partial charge in [-0.05, 0) is 62.4 Å². The molecule has 0 aromatic heterocycles. The fraction of sp³-hybridized carbons (Fsp3) is 0.636. The van der Waals surface area contributed by atoms with Crippen LogP contribution < -0.4 is 11.1 Å². The van der Waals surface area contributed by atoms with Crippen LogP contribution in [0, 0.1) is 0 Å². The molecule has 0 bridgehead atoms. The number of amides is 2. The molecular formula is C22H34N4O2. The maximum atomic E-state index is 12.4. The van der Waals surface area contributed by atoms with Gasteiger partial charge in [0, 0.05) is 18.8 Å². The van der Waals surface area contributed by atoms with Crippen molar-refractivity contribution in [1.82, 2.24) is 9.80 Å². The van der Waals surface area contributed by atoms with Gasteiger partial charge in [0.1, 0.15) is 5.54 Å². The van der Waals surface area contributed by atoms with Crippen molar-refractivity contribution in [3.8, 4) is 0 Å². The summed E-state index contributed by atoms with van der Waals surface area (Å²) in [4.78, 5) is 29.2. The first kappa shape index (κ1) is 20.8. The second-order valence-corrected chi connectivity index (χ2v) is 8.54. The molecule has 6 nitrogen and oxygen atoms in total. The van der Waals surface area contributed by atoms with E-state index in [1.807, 2.05) is 12.1 Å². The van der Waals surface area contributed by atoms with E-state index in [2.05, 4.69) is 41.1 Å². The minimum atomic E-state index is -0.528. The smallest absolute Gasteiger partial charge is 0.238 e. The quantitative estimate of drug-likeness (QED) is 0.788. The number of anilines is 1. The molecule has 2 heterocycles. The summed E-state index contributed by atoms with van der Waals surface area (Å²) in [6, 6.07) is 8.03. The van der Waals surface area contributed by atoms with Crippen LogP contribution >= 0.6 is 0 Å². The first-order valence-electron chi connectivity index (χ1n) is 10.6. The van der Waals surface area contributed by atoms with Crippen LogP contribution in [-0.2, 0) is 9.59 Å². The predicted molar refractivity (Wildman–Crippen MR) is 112 cm³/mol. The number of hydrogen-bond donors (Lipinski definition) is 2. The summed E-state index contributed by atoms with van der Waals surface area (Å²) in [6.07, 6.45) is 4.92. The monoisotopic (exact) mass is 386 g/mol. The molecule has 2 aliphatic heterocycles. The molecule has 3 rings (SSSR count). The van der Waals surface area contributed by atoms with Crippen molar-refractivity contribution in [3.05, 3.63) is 29.8 Å². The Morgan fingerprint density at radius 2 is 1.64 bits per heavy atom. The van der Waals surface area contributed by atoms with Gasteiger partial charge in [-0.2, -0.15) is 0 Å². The van der Waals surface area contributed by atoms with Crippen LogP contribution in [0.4, 0.5) is 5.69 Å². The van der Waals surface area contributed by atoms with Crippen molar-refractivity contribution in [2.24, 2.45) is 5.73 Å². The molecule has 2 aliphatic rings. The average molecular weight is 387 g/mol. The first-order valence-corrected chi connectivity index (χ1v) is 10.6. The molecule has 6 heteroatoms. The predicted octanol–water partition coefficient (Wildman–Crippen LogP) is 2.55. The highest BCUT2D eigenvalue weighted by Crippen LogP contribution is 2.31. The highest BCUT2D eigenvalue weighted by molar-refractivity contribution is 5.92. The Bertz CT molecular complexity index is 672. The number of nitrogens with one attached hydrogen (secondary N) is 1. The summed E-state index contributed by atoms with van der Waals surface area (Å²) < 4.78 is 0. The molecular weight excluding hydrogens is 352 g/mol. The van der Waals surface area contributed by atoms with Gasteiger partial charge in [0.2, 0.25) is 11.8 Å². The van der Waals surface area contributed by atoms with Crippen LogP contribution in [0.15, 0.2) is 24.3 Å². The molecule has 3 N–H and O–H groups in total. The third-order valence-electron chi connectivity index (χ3n) is 6.33. The Morgan fingerprint density at radius 1 is 1.04 bits per heavy atom. The molecule has 2 saturated heterocycles. The number of primary amides is 1. The normalized spacial score (nSPS) is 20.8. The number of carbonyl (C=O) groups is 2. The van der Waals surface area contributed by atoms with Gasteiger partial charge in [-0.15, -0.1) is 0 Å².